The van der Waals surface area contributed by atoms with Crippen LogP contribution in [0.25, 0.3) is 0 Å². The average Bonchev–Trinajstić information content (AvgIpc) is 2.27. The fraction of sp³-hybridized carbons (Fsp3) is 0.875. The van der Waals surface area contributed by atoms with Gasteiger partial charge < -0.3 is 0 Å². The van der Waals surface area contributed by atoms with Crippen LogP contribution in [0.4, 0.5) is 0 Å². The Balaban J connectivity index is 2.04. The molecule has 1 fully saturated rings. The summed E-state index contributed by atoms with van der Waals surface area (Å²) >= 11 is 6.11. The topological polar surface area (TPSA) is 0 Å². The first-order chi connectivity index (χ1) is 8.09. The number of halogens is 1. The van der Waals surface area contributed by atoms with Gasteiger partial charge in [-0.1, -0.05) is 57.2 Å². The molecule has 0 radical (unpaired) electrons. The van der Waals surface area contributed by atoms with Crippen molar-refractivity contribution in [2.75, 3.05) is 0 Å². The van der Waals surface area contributed by atoms with Gasteiger partial charge in [-0.15, -0.1) is 0 Å². The van der Waals surface area contributed by atoms with Crippen LogP contribution in [0.2, 0.25) is 0 Å². The van der Waals surface area contributed by atoms with Crippen LogP contribution in [0, 0.1) is 17.3 Å². The van der Waals surface area contributed by atoms with Crippen LogP contribution >= 0.6 is 11.6 Å². The van der Waals surface area contributed by atoms with E-state index in [2.05, 4.69) is 19.9 Å². The van der Waals surface area contributed by atoms with E-state index in [-0.39, 0.29) is 0 Å². The average molecular weight is 255 g/mol. The minimum Gasteiger partial charge on any atom is -0.0895 e. The van der Waals surface area contributed by atoms with Crippen LogP contribution in [-0.4, -0.2) is 0 Å². The monoisotopic (exact) mass is 254 g/mol. The minimum atomic E-state index is 0.544. The highest BCUT2D eigenvalue weighted by Crippen LogP contribution is 2.46. The molecule has 0 nitrogen and oxygen atoms in total. The normalized spacial score (nSPS) is 34.6. The number of hydrogen-bond acceptors (Lipinski definition) is 0. The number of allylic oxidation sites excluding steroid dienone is 2. The van der Waals surface area contributed by atoms with E-state index in [1.165, 1.54) is 51.4 Å². The Morgan fingerprint density at radius 1 is 1.12 bits per heavy atom. The third kappa shape index (κ3) is 3.50. The maximum absolute atomic E-state index is 6.11. The molecule has 0 heterocycles. The number of rotatable bonds is 1. The van der Waals surface area contributed by atoms with Gasteiger partial charge in [-0.2, -0.15) is 0 Å². The van der Waals surface area contributed by atoms with Crippen molar-refractivity contribution in [1.29, 1.82) is 0 Å². The molecule has 0 aliphatic heterocycles. The van der Waals surface area contributed by atoms with Crippen LogP contribution < -0.4 is 0 Å². The Kier molecular flexibility index (Phi) is 4.58. The van der Waals surface area contributed by atoms with Gasteiger partial charge in [-0.05, 0) is 49.4 Å². The third-order valence-electron chi connectivity index (χ3n) is 5.06. The lowest BCUT2D eigenvalue weighted by Gasteiger charge is -2.42. The Morgan fingerprint density at radius 2 is 1.88 bits per heavy atom. The Morgan fingerprint density at radius 3 is 2.59 bits per heavy atom. The maximum Gasteiger partial charge on any atom is 0.0141 e. The zero-order chi connectivity index (χ0) is 12.3. The highest BCUT2D eigenvalue weighted by atomic mass is 35.5. The first-order valence-corrected chi connectivity index (χ1v) is 7.82. The van der Waals surface area contributed by atoms with Crippen LogP contribution in [0.15, 0.2) is 11.1 Å². The van der Waals surface area contributed by atoms with Crippen molar-refractivity contribution < 1.29 is 0 Å². The van der Waals surface area contributed by atoms with E-state index >= 15 is 0 Å². The van der Waals surface area contributed by atoms with E-state index in [0.717, 1.165) is 23.3 Å². The molecular formula is C16H27Cl. The van der Waals surface area contributed by atoms with Crippen molar-refractivity contribution in [2.24, 2.45) is 17.3 Å². The van der Waals surface area contributed by atoms with Gasteiger partial charge in [-0.3, -0.25) is 0 Å². The first-order valence-electron chi connectivity index (χ1n) is 7.44. The largest absolute Gasteiger partial charge is 0.0895 e. The zero-order valence-electron chi connectivity index (χ0n) is 11.5. The standard InChI is InChI=1S/C16H27Cl/c1-16(2)12-6-4-3-5-7-15(16)13-8-10-14(17)11-9-13/h10,13,15H,3-9,11-12H2,1-2H3. The highest BCUT2D eigenvalue weighted by molar-refractivity contribution is 6.29. The minimum absolute atomic E-state index is 0.544. The molecule has 0 spiro atoms. The Hall–Kier alpha value is 0.0300. The molecule has 1 heteroatoms. The van der Waals surface area contributed by atoms with Gasteiger partial charge in [0.2, 0.25) is 0 Å². The molecule has 2 atom stereocenters. The van der Waals surface area contributed by atoms with Gasteiger partial charge in [0, 0.05) is 5.03 Å². The van der Waals surface area contributed by atoms with Crippen molar-refractivity contribution in [1.82, 2.24) is 0 Å². The molecule has 2 aliphatic carbocycles. The summed E-state index contributed by atoms with van der Waals surface area (Å²) in [4.78, 5) is 0. The molecule has 1 saturated carbocycles. The predicted octanol–water partition coefficient (Wildman–Crippen LogP) is 5.91. The quantitative estimate of drug-likeness (QED) is 0.546. The van der Waals surface area contributed by atoms with Gasteiger partial charge in [0.15, 0.2) is 0 Å². The Labute approximate surface area is 112 Å². The van der Waals surface area contributed by atoms with Crippen LogP contribution in [0.3, 0.4) is 0 Å². The molecule has 0 N–H and O–H groups in total. The van der Waals surface area contributed by atoms with Crippen LogP contribution in [0.1, 0.15) is 71.6 Å². The lowest BCUT2D eigenvalue weighted by Crippen LogP contribution is -2.32. The van der Waals surface area contributed by atoms with Crippen molar-refractivity contribution in [3.05, 3.63) is 11.1 Å². The molecule has 17 heavy (non-hydrogen) atoms. The van der Waals surface area contributed by atoms with Gasteiger partial charge in [0.05, 0.1) is 0 Å². The highest BCUT2D eigenvalue weighted by Gasteiger charge is 2.35. The molecule has 2 rings (SSSR count). The molecule has 0 bridgehead atoms. The molecule has 0 aromatic heterocycles. The Bertz CT molecular complexity index is 277. The van der Waals surface area contributed by atoms with E-state index < -0.39 is 0 Å². The second kappa shape index (κ2) is 5.78. The van der Waals surface area contributed by atoms with Crippen LogP contribution in [-0.2, 0) is 0 Å². The van der Waals surface area contributed by atoms with E-state index in [1.54, 1.807) is 0 Å². The second-order valence-electron chi connectivity index (χ2n) is 6.73. The van der Waals surface area contributed by atoms with Crippen molar-refractivity contribution in [3.63, 3.8) is 0 Å². The van der Waals surface area contributed by atoms with Crippen molar-refractivity contribution in [3.8, 4) is 0 Å². The van der Waals surface area contributed by atoms with Crippen molar-refractivity contribution >= 4 is 11.6 Å². The maximum atomic E-state index is 6.11. The van der Waals surface area contributed by atoms with Crippen molar-refractivity contribution in [2.45, 2.75) is 71.6 Å². The molecule has 2 unspecified atom stereocenters. The van der Waals surface area contributed by atoms with Gasteiger partial charge in [0.1, 0.15) is 0 Å². The summed E-state index contributed by atoms with van der Waals surface area (Å²) in [5.74, 6) is 1.81. The van der Waals surface area contributed by atoms with E-state index in [9.17, 15) is 0 Å². The van der Waals surface area contributed by atoms with E-state index in [4.69, 9.17) is 11.6 Å². The first kappa shape index (κ1) is 13.5. The van der Waals surface area contributed by atoms with Gasteiger partial charge in [-0.25, -0.2) is 0 Å². The third-order valence-corrected chi connectivity index (χ3v) is 5.40. The molecule has 98 valence electrons. The molecule has 0 saturated heterocycles. The fourth-order valence-electron chi connectivity index (χ4n) is 3.94. The lowest BCUT2D eigenvalue weighted by molar-refractivity contribution is 0.0943. The van der Waals surface area contributed by atoms with Gasteiger partial charge >= 0.3 is 0 Å². The van der Waals surface area contributed by atoms with Gasteiger partial charge in [0.25, 0.3) is 0 Å². The predicted molar refractivity (Wildman–Crippen MR) is 76.3 cm³/mol. The number of hydrogen-bond donors (Lipinski definition) is 0. The summed E-state index contributed by atoms with van der Waals surface area (Å²) < 4.78 is 0. The molecular weight excluding hydrogens is 228 g/mol. The molecule has 2 aliphatic rings. The molecule has 0 amide bonds. The fourth-order valence-corrected chi connectivity index (χ4v) is 4.13. The summed E-state index contributed by atoms with van der Waals surface area (Å²) in [5.41, 5.74) is 0.544. The smallest absolute Gasteiger partial charge is 0.0141 e. The summed E-state index contributed by atoms with van der Waals surface area (Å²) in [6.45, 7) is 5.01. The lowest BCUT2D eigenvalue weighted by atomic mass is 9.63. The summed E-state index contributed by atoms with van der Waals surface area (Å²) in [6, 6.07) is 0. The molecule has 0 aromatic carbocycles. The zero-order valence-corrected chi connectivity index (χ0v) is 12.2. The SMILES string of the molecule is CC1(C)CCCCCCC1C1CC=C(Cl)CC1. The van der Waals surface area contributed by atoms with Crippen LogP contribution in [0.5, 0.6) is 0 Å². The summed E-state index contributed by atoms with van der Waals surface area (Å²) in [6.07, 6.45) is 14.6. The summed E-state index contributed by atoms with van der Waals surface area (Å²) in [5, 5.41) is 1.10. The molecule has 0 aromatic rings. The second-order valence-corrected chi connectivity index (χ2v) is 7.22. The van der Waals surface area contributed by atoms with E-state index in [1.807, 2.05) is 0 Å². The summed E-state index contributed by atoms with van der Waals surface area (Å²) in [7, 11) is 0. The van der Waals surface area contributed by atoms with E-state index in [0.29, 0.717) is 5.41 Å².